The molecule has 2 atom stereocenters. The molecule has 0 aromatic heterocycles. The number of methoxy groups -OCH3 is 1. The lowest BCUT2D eigenvalue weighted by Gasteiger charge is -2.20. The average molecular weight is 300 g/mol. The van der Waals surface area contributed by atoms with Crippen LogP contribution in [-0.4, -0.2) is 19.5 Å². The molecule has 0 saturated carbocycles. The van der Waals surface area contributed by atoms with Crippen LogP contribution < -0.4 is 4.74 Å². The van der Waals surface area contributed by atoms with Gasteiger partial charge in [-0.3, -0.25) is 0 Å². The molecule has 1 aliphatic heterocycles. The second kappa shape index (κ2) is 7.01. The highest BCUT2D eigenvalue weighted by molar-refractivity contribution is 7.99. The number of hydrogen-bond acceptors (Lipinski definition) is 3. The van der Waals surface area contributed by atoms with E-state index in [9.17, 15) is 0 Å². The van der Waals surface area contributed by atoms with Gasteiger partial charge < -0.3 is 9.47 Å². The number of benzene rings is 2. The van der Waals surface area contributed by atoms with Gasteiger partial charge in [-0.15, -0.1) is 0 Å². The number of ether oxygens (including phenoxy) is 2. The van der Waals surface area contributed by atoms with Crippen molar-refractivity contribution in [2.24, 2.45) is 0 Å². The van der Waals surface area contributed by atoms with Crippen molar-refractivity contribution in [1.29, 1.82) is 0 Å². The van der Waals surface area contributed by atoms with Crippen LogP contribution in [0.3, 0.4) is 0 Å². The molecule has 2 unspecified atom stereocenters. The van der Waals surface area contributed by atoms with Gasteiger partial charge in [-0.05, 0) is 29.7 Å². The third-order valence-electron chi connectivity index (χ3n) is 3.81. The van der Waals surface area contributed by atoms with Gasteiger partial charge in [0, 0.05) is 11.0 Å². The molecule has 0 amide bonds. The highest BCUT2D eigenvalue weighted by Gasteiger charge is 2.23. The zero-order valence-corrected chi connectivity index (χ0v) is 13.0. The summed E-state index contributed by atoms with van der Waals surface area (Å²) in [6, 6.07) is 19.0. The Balaban J connectivity index is 1.78. The molecule has 110 valence electrons. The van der Waals surface area contributed by atoms with Crippen molar-refractivity contribution in [1.82, 2.24) is 0 Å². The molecule has 0 aliphatic carbocycles. The Morgan fingerprint density at radius 3 is 2.48 bits per heavy atom. The summed E-state index contributed by atoms with van der Waals surface area (Å²) in [7, 11) is 1.70. The molecule has 0 bridgehead atoms. The van der Waals surface area contributed by atoms with Gasteiger partial charge in [0.1, 0.15) is 5.75 Å². The van der Waals surface area contributed by atoms with Crippen molar-refractivity contribution in [3.8, 4) is 5.75 Å². The molecule has 1 fully saturated rings. The van der Waals surface area contributed by atoms with Crippen molar-refractivity contribution in [3.05, 3.63) is 65.7 Å². The normalized spacial score (nSPS) is 22.5. The molecule has 3 rings (SSSR count). The zero-order chi connectivity index (χ0) is 14.5. The standard InChI is InChI=1S/C18H20O2S/c1-19-16-9-7-15(8-10-16)18-13-17(20-11-12-21-18)14-5-3-2-4-6-14/h2-10,17-18H,11-13H2,1H3. The maximum absolute atomic E-state index is 6.04. The van der Waals surface area contributed by atoms with Gasteiger partial charge in [-0.1, -0.05) is 42.5 Å². The van der Waals surface area contributed by atoms with Gasteiger partial charge in [0.05, 0.1) is 19.8 Å². The van der Waals surface area contributed by atoms with Crippen LogP contribution in [0.5, 0.6) is 5.75 Å². The third-order valence-corrected chi connectivity index (χ3v) is 5.08. The highest BCUT2D eigenvalue weighted by atomic mass is 32.2. The Labute approximate surface area is 130 Å². The summed E-state index contributed by atoms with van der Waals surface area (Å²) in [6.45, 7) is 0.816. The smallest absolute Gasteiger partial charge is 0.118 e. The van der Waals surface area contributed by atoms with Gasteiger partial charge in [-0.25, -0.2) is 0 Å². The molecule has 1 heterocycles. The van der Waals surface area contributed by atoms with E-state index >= 15 is 0 Å². The largest absolute Gasteiger partial charge is 0.497 e. The minimum absolute atomic E-state index is 0.188. The Morgan fingerprint density at radius 1 is 1.00 bits per heavy atom. The van der Waals surface area contributed by atoms with Crippen molar-refractivity contribution in [3.63, 3.8) is 0 Å². The second-order valence-corrected chi connectivity index (χ2v) is 6.45. The monoisotopic (exact) mass is 300 g/mol. The van der Waals surface area contributed by atoms with Crippen LogP contribution in [0.4, 0.5) is 0 Å². The molecular weight excluding hydrogens is 280 g/mol. The van der Waals surface area contributed by atoms with Crippen LogP contribution in [0.25, 0.3) is 0 Å². The van der Waals surface area contributed by atoms with Gasteiger partial charge in [0.2, 0.25) is 0 Å². The molecular formula is C18H20O2S. The maximum atomic E-state index is 6.04. The lowest BCUT2D eigenvalue weighted by molar-refractivity contribution is 0.0616. The van der Waals surface area contributed by atoms with Crippen molar-refractivity contribution < 1.29 is 9.47 Å². The summed E-state index contributed by atoms with van der Waals surface area (Å²) < 4.78 is 11.3. The summed E-state index contributed by atoms with van der Waals surface area (Å²) >= 11 is 1.98. The van der Waals surface area contributed by atoms with E-state index in [1.54, 1.807) is 7.11 Å². The van der Waals surface area contributed by atoms with Crippen molar-refractivity contribution in [2.45, 2.75) is 17.8 Å². The summed E-state index contributed by atoms with van der Waals surface area (Å²) in [5.74, 6) is 1.95. The fraction of sp³-hybridized carbons (Fsp3) is 0.333. The van der Waals surface area contributed by atoms with E-state index in [0.29, 0.717) is 5.25 Å². The van der Waals surface area contributed by atoms with E-state index in [4.69, 9.17) is 9.47 Å². The number of hydrogen-bond donors (Lipinski definition) is 0. The molecule has 2 aromatic rings. The molecule has 0 radical (unpaired) electrons. The minimum atomic E-state index is 0.188. The van der Waals surface area contributed by atoms with Crippen LogP contribution >= 0.6 is 11.8 Å². The maximum Gasteiger partial charge on any atom is 0.118 e. The number of thioether (sulfide) groups is 1. The first-order valence-corrected chi connectivity index (χ1v) is 8.34. The first-order chi connectivity index (χ1) is 10.4. The first-order valence-electron chi connectivity index (χ1n) is 7.29. The SMILES string of the molecule is COc1ccc(C2CC(c3ccccc3)OCCS2)cc1. The summed E-state index contributed by atoms with van der Waals surface area (Å²) in [5, 5.41) is 0.476. The van der Waals surface area contributed by atoms with Gasteiger partial charge in [0.25, 0.3) is 0 Å². The topological polar surface area (TPSA) is 18.5 Å². The third kappa shape index (κ3) is 3.60. The van der Waals surface area contributed by atoms with E-state index in [0.717, 1.165) is 24.5 Å². The van der Waals surface area contributed by atoms with Gasteiger partial charge in [-0.2, -0.15) is 11.8 Å². The first kappa shape index (κ1) is 14.5. The molecule has 1 saturated heterocycles. The Hall–Kier alpha value is -1.45. The number of rotatable bonds is 3. The Bertz CT molecular complexity index is 553. The fourth-order valence-corrected chi connectivity index (χ4v) is 3.80. The Morgan fingerprint density at radius 2 is 1.76 bits per heavy atom. The molecule has 0 N–H and O–H groups in total. The lowest BCUT2D eigenvalue weighted by atomic mass is 10.0. The van der Waals surface area contributed by atoms with Crippen molar-refractivity contribution >= 4 is 11.8 Å². The summed E-state index contributed by atoms with van der Waals surface area (Å²) in [5.41, 5.74) is 2.63. The van der Waals surface area contributed by atoms with Crippen LogP contribution in [-0.2, 0) is 4.74 Å². The minimum Gasteiger partial charge on any atom is -0.497 e. The molecule has 2 nitrogen and oxygen atoms in total. The van der Waals surface area contributed by atoms with E-state index in [-0.39, 0.29) is 6.10 Å². The molecule has 0 spiro atoms. The van der Waals surface area contributed by atoms with Crippen LogP contribution in [0, 0.1) is 0 Å². The lowest BCUT2D eigenvalue weighted by Crippen LogP contribution is -2.06. The van der Waals surface area contributed by atoms with Crippen molar-refractivity contribution in [2.75, 3.05) is 19.5 Å². The quantitative estimate of drug-likeness (QED) is 0.823. The summed E-state index contributed by atoms with van der Waals surface area (Å²) in [6.07, 6.45) is 1.20. The molecule has 1 aliphatic rings. The molecule has 3 heteroatoms. The molecule has 2 aromatic carbocycles. The van der Waals surface area contributed by atoms with Gasteiger partial charge >= 0.3 is 0 Å². The van der Waals surface area contributed by atoms with Crippen LogP contribution in [0.1, 0.15) is 28.9 Å². The second-order valence-electron chi connectivity index (χ2n) is 5.14. The van der Waals surface area contributed by atoms with E-state index in [1.807, 2.05) is 23.9 Å². The highest BCUT2D eigenvalue weighted by Crippen LogP contribution is 2.41. The van der Waals surface area contributed by atoms with E-state index in [1.165, 1.54) is 11.1 Å². The van der Waals surface area contributed by atoms with E-state index in [2.05, 4.69) is 42.5 Å². The molecule has 21 heavy (non-hydrogen) atoms. The van der Waals surface area contributed by atoms with Crippen LogP contribution in [0.15, 0.2) is 54.6 Å². The van der Waals surface area contributed by atoms with Gasteiger partial charge in [0.15, 0.2) is 0 Å². The fourth-order valence-electron chi connectivity index (χ4n) is 2.66. The zero-order valence-electron chi connectivity index (χ0n) is 12.2. The Kier molecular flexibility index (Phi) is 4.84. The predicted octanol–water partition coefficient (Wildman–Crippen LogP) is 4.63. The van der Waals surface area contributed by atoms with E-state index < -0.39 is 0 Å². The average Bonchev–Trinajstić information content (AvgIpc) is 2.82. The summed E-state index contributed by atoms with van der Waals surface area (Å²) in [4.78, 5) is 0. The predicted molar refractivity (Wildman–Crippen MR) is 87.9 cm³/mol. The van der Waals surface area contributed by atoms with Crippen LogP contribution in [0.2, 0.25) is 0 Å².